The van der Waals surface area contributed by atoms with Crippen LogP contribution >= 0.6 is 0 Å². The smallest absolute Gasteiger partial charge is 0.244 e. The van der Waals surface area contributed by atoms with Crippen LogP contribution in [0.1, 0.15) is 15.9 Å². The van der Waals surface area contributed by atoms with Crippen molar-refractivity contribution >= 4 is 28.3 Å². The number of hydrogen-bond acceptors (Lipinski definition) is 3. The molecule has 142 valence electrons. The molecule has 1 aromatic heterocycles. The van der Waals surface area contributed by atoms with Crippen LogP contribution in [0.25, 0.3) is 10.9 Å². The van der Waals surface area contributed by atoms with Crippen molar-refractivity contribution in [1.29, 1.82) is 0 Å². The monoisotopic (exact) mass is 382 g/mol. The molecule has 0 spiro atoms. The van der Waals surface area contributed by atoms with Crippen molar-refractivity contribution < 1.29 is 9.59 Å². The molecule has 0 unspecified atom stereocenters. The molecule has 0 saturated heterocycles. The van der Waals surface area contributed by atoms with Crippen LogP contribution in [0.5, 0.6) is 0 Å². The Balaban J connectivity index is 1.75. The number of rotatable bonds is 5. The number of pyridine rings is 1. The second kappa shape index (κ2) is 7.94. The van der Waals surface area contributed by atoms with Crippen molar-refractivity contribution in [1.82, 2.24) is 4.57 Å². The van der Waals surface area contributed by atoms with Gasteiger partial charge in [-0.1, -0.05) is 60.7 Å². The van der Waals surface area contributed by atoms with Crippen LogP contribution < -0.4 is 10.7 Å². The van der Waals surface area contributed by atoms with E-state index >= 15 is 0 Å². The third-order valence-electron chi connectivity index (χ3n) is 4.64. The van der Waals surface area contributed by atoms with Crippen LogP contribution in [-0.2, 0) is 11.3 Å². The van der Waals surface area contributed by atoms with E-state index in [2.05, 4.69) is 5.32 Å². The number of carbonyl (C=O) groups is 2. The first-order valence-corrected chi connectivity index (χ1v) is 9.20. The van der Waals surface area contributed by atoms with Gasteiger partial charge in [0.15, 0.2) is 5.78 Å². The third kappa shape index (κ3) is 3.84. The quantitative estimate of drug-likeness (QED) is 0.533. The number of ketones is 1. The normalized spacial score (nSPS) is 10.6. The van der Waals surface area contributed by atoms with E-state index in [9.17, 15) is 14.4 Å². The molecular weight excluding hydrogens is 364 g/mol. The highest BCUT2D eigenvalue weighted by Crippen LogP contribution is 2.15. The van der Waals surface area contributed by atoms with E-state index in [1.54, 1.807) is 65.2 Å². The Bertz CT molecular complexity index is 1250. The molecule has 5 heteroatoms. The zero-order valence-corrected chi connectivity index (χ0v) is 15.5. The van der Waals surface area contributed by atoms with E-state index in [0.717, 1.165) is 0 Å². The first-order valence-electron chi connectivity index (χ1n) is 9.20. The molecule has 0 aliphatic carbocycles. The van der Waals surface area contributed by atoms with Crippen molar-refractivity contribution in [3.63, 3.8) is 0 Å². The van der Waals surface area contributed by atoms with E-state index in [4.69, 9.17) is 0 Å². The highest BCUT2D eigenvalue weighted by molar-refractivity contribution is 6.10. The lowest BCUT2D eigenvalue weighted by Gasteiger charge is -2.13. The molecule has 4 aromatic rings. The fourth-order valence-corrected chi connectivity index (χ4v) is 3.26. The summed E-state index contributed by atoms with van der Waals surface area (Å²) < 4.78 is 1.64. The number of para-hydroxylation sites is 2. The van der Waals surface area contributed by atoms with Crippen LogP contribution in [0.4, 0.5) is 5.69 Å². The fourth-order valence-electron chi connectivity index (χ4n) is 3.26. The van der Waals surface area contributed by atoms with Gasteiger partial charge in [0.2, 0.25) is 11.3 Å². The summed E-state index contributed by atoms with van der Waals surface area (Å²) in [5.41, 5.74) is 1.42. The van der Waals surface area contributed by atoms with E-state index < -0.39 is 0 Å². The van der Waals surface area contributed by atoms with Crippen molar-refractivity contribution in [2.45, 2.75) is 6.54 Å². The molecule has 0 atom stereocenters. The van der Waals surface area contributed by atoms with Gasteiger partial charge in [0.25, 0.3) is 0 Å². The van der Waals surface area contributed by atoms with Gasteiger partial charge in [0.05, 0.1) is 11.1 Å². The molecule has 0 fully saturated rings. The number of benzene rings is 3. The van der Waals surface area contributed by atoms with Gasteiger partial charge in [-0.2, -0.15) is 0 Å². The summed E-state index contributed by atoms with van der Waals surface area (Å²) in [6, 6.07) is 24.8. The summed E-state index contributed by atoms with van der Waals surface area (Å²) >= 11 is 0. The maximum absolute atomic E-state index is 12.9. The summed E-state index contributed by atoms with van der Waals surface area (Å²) in [6.45, 7) is -0.0231. The van der Waals surface area contributed by atoms with E-state index in [1.807, 2.05) is 24.3 Å². The molecule has 29 heavy (non-hydrogen) atoms. The molecule has 4 rings (SSSR count). The molecule has 3 aromatic carbocycles. The Morgan fingerprint density at radius 3 is 2.14 bits per heavy atom. The number of aromatic nitrogens is 1. The molecule has 5 nitrogen and oxygen atoms in total. The second-order valence-corrected chi connectivity index (χ2v) is 6.63. The van der Waals surface area contributed by atoms with E-state index in [-0.39, 0.29) is 29.2 Å². The summed E-state index contributed by atoms with van der Waals surface area (Å²) in [6.07, 6.45) is 1.48. The Morgan fingerprint density at radius 1 is 0.793 bits per heavy atom. The highest BCUT2D eigenvalue weighted by Gasteiger charge is 2.17. The highest BCUT2D eigenvalue weighted by atomic mass is 16.2. The predicted octanol–water partition coefficient (Wildman–Crippen LogP) is 3.87. The minimum absolute atomic E-state index is 0.0231. The van der Waals surface area contributed by atoms with Gasteiger partial charge in [-0.3, -0.25) is 14.4 Å². The van der Waals surface area contributed by atoms with E-state index in [1.165, 1.54) is 6.20 Å². The molecule has 0 radical (unpaired) electrons. The number of amides is 1. The molecule has 1 heterocycles. The number of nitrogens with zero attached hydrogens (tertiary/aromatic N) is 1. The molecule has 0 saturated carbocycles. The Morgan fingerprint density at radius 2 is 1.41 bits per heavy atom. The SMILES string of the molecule is O=C(Cn1cc(C(=O)c2ccccc2)c(=O)c2ccccc21)Nc1ccccc1. The van der Waals surface area contributed by atoms with Crippen LogP contribution in [0.3, 0.4) is 0 Å². The van der Waals surface area contributed by atoms with Gasteiger partial charge in [0.1, 0.15) is 6.54 Å². The fraction of sp³-hybridized carbons (Fsp3) is 0.0417. The van der Waals surface area contributed by atoms with Crippen LogP contribution in [-0.4, -0.2) is 16.3 Å². The maximum Gasteiger partial charge on any atom is 0.244 e. The predicted molar refractivity (Wildman–Crippen MR) is 113 cm³/mol. The van der Waals surface area contributed by atoms with E-state index in [0.29, 0.717) is 22.2 Å². The minimum atomic E-state index is -0.362. The largest absolute Gasteiger partial charge is 0.337 e. The van der Waals surface area contributed by atoms with Crippen molar-refractivity contribution in [3.8, 4) is 0 Å². The molecule has 0 bridgehead atoms. The molecule has 1 amide bonds. The Labute approximate surface area is 167 Å². The van der Waals surface area contributed by atoms with Gasteiger partial charge < -0.3 is 9.88 Å². The van der Waals surface area contributed by atoms with Gasteiger partial charge in [-0.15, -0.1) is 0 Å². The lowest BCUT2D eigenvalue weighted by Crippen LogP contribution is -2.24. The van der Waals surface area contributed by atoms with Crippen LogP contribution in [0, 0.1) is 0 Å². The van der Waals surface area contributed by atoms with Crippen molar-refractivity contribution in [3.05, 3.63) is 112 Å². The Hall–Kier alpha value is -3.99. The minimum Gasteiger partial charge on any atom is -0.337 e. The number of nitrogens with one attached hydrogen (secondary N) is 1. The number of fused-ring (bicyclic) bond motifs is 1. The standard InChI is InChI=1S/C24H18N2O3/c27-22(25-18-11-5-2-6-12-18)16-26-15-20(23(28)17-9-3-1-4-10-17)24(29)19-13-7-8-14-21(19)26/h1-15H,16H2,(H,25,27). The third-order valence-corrected chi connectivity index (χ3v) is 4.64. The molecular formula is C24H18N2O3. The average Bonchev–Trinajstić information content (AvgIpc) is 2.76. The summed E-state index contributed by atoms with van der Waals surface area (Å²) in [5.74, 6) is -0.610. The molecule has 0 aliphatic heterocycles. The lowest BCUT2D eigenvalue weighted by atomic mass is 10.0. The van der Waals surface area contributed by atoms with Crippen molar-refractivity contribution in [2.75, 3.05) is 5.32 Å². The topological polar surface area (TPSA) is 68.2 Å². The van der Waals surface area contributed by atoms with Gasteiger partial charge in [-0.25, -0.2) is 0 Å². The number of hydrogen-bond donors (Lipinski definition) is 1. The van der Waals surface area contributed by atoms with Gasteiger partial charge in [0, 0.05) is 22.8 Å². The first kappa shape index (κ1) is 18.4. The van der Waals surface area contributed by atoms with Crippen molar-refractivity contribution in [2.24, 2.45) is 0 Å². The first-order chi connectivity index (χ1) is 14.1. The van der Waals surface area contributed by atoms with Gasteiger partial charge in [-0.05, 0) is 24.3 Å². The zero-order chi connectivity index (χ0) is 20.2. The van der Waals surface area contributed by atoms with Crippen LogP contribution in [0.2, 0.25) is 0 Å². The van der Waals surface area contributed by atoms with Gasteiger partial charge >= 0.3 is 0 Å². The second-order valence-electron chi connectivity index (χ2n) is 6.63. The number of carbonyl (C=O) groups excluding carboxylic acids is 2. The molecule has 0 aliphatic rings. The number of anilines is 1. The zero-order valence-electron chi connectivity index (χ0n) is 15.5. The average molecular weight is 382 g/mol. The lowest BCUT2D eigenvalue weighted by molar-refractivity contribution is -0.116. The van der Waals surface area contributed by atoms with Crippen LogP contribution in [0.15, 0.2) is 95.9 Å². The summed E-state index contributed by atoms with van der Waals surface area (Å²) in [7, 11) is 0. The summed E-state index contributed by atoms with van der Waals surface area (Å²) in [5, 5.41) is 3.23. The maximum atomic E-state index is 12.9. The molecule has 1 N–H and O–H groups in total. The Kier molecular flexibility index (Phi) is 5.03. The summed E-state index contributed by atoms with van der Waals surface area (Å²) in [4.78, 5) is 38.4.